The smallest absolute Gasteiger partial charge is 0.410 e. The van der Waals surface area contributed by atoms with Crippen LogP contribution >= 0.6 is 0 Å². The van der Waals surface area contributed by atoms with Crippen molar-refractivity contribution in [3.05, 3.63) is 18.0 Å². The van der Waals surface area contributed by atoms with Crippen LogP contribution in [0.15, 0.2) is 12.4 Å². The summed E-state index contributed by atoms with van der Waals surface area (Å²) in [5, 5.41) is 13.0. The van der Waals surface area contributed by atoms with Gasteiger partial charge in [0.15, 0.2) is 6.04 Å². The first-order valence-electron chi connectivity index (χ1n) is 4.74. The van der Waals surface area contributed by atoms with Gasteiger partial charge in [-0.25, -0.2) is 9.59 Å². The van der Waals surface area contributed by atoms with Gasteiger partial charge in [0.1, 0.15) is 6.61 Å². The van der Waals surface area contributed by atoms with E-state index < -0.39 is 18.1 Å². The minimum absolute atomic E-state index is 0.225. The number of aryl methyl sites for hydroxylation is 1. The number of nitrogens with zero attached hydrogens (tertiary/aromatic N) is 3. The summed E-state index contributed by atoms with van der Waals surface area (Å²) >= 11 is 0. The first-order valence-corrected chi connectivity index (χ1v) is 4.74. The van der Waals surface area contributed by atoms with Gasteiger partial charge in [-0.3, -0.25) is 9.58 Å². The molecule has 16 heavy (non-hydrogen) atoms. The Hall–Kier alpha value is -2.05. The molecule has 1 aromatic rings. The predicted molar refractivity (Wildman–Crippen MR) is 51.6 cm³/mol. The monoisotopic (exact) mass is 225 g/mol. The molecule has 86 valence electrons. The van der Waals surface area contributed by atoms with Gasteiger partial charge in [-0.15, -0.1) is 0 Å². The van der Waals surface area contributed by atoms with Gasteiger partial charge in [0.05, 0.1) is 12.7 Å². The van der Waals surface area contributed by atoms with Crippen LogP contribution in [0.5, 0.6) is 0 Å². The van der Waals surface area contributed by atoms with Crippen LogP contribution in [0.2, 0.25) is 0 Å². The molecule has 0 radical (unpaired) electrons. The predicted octanol–water partition coefficient (Wildman–Crippen LogP) is -0.00200. The van der Waals surface area contributed by atoms with Crippen LogP contribution in [0.25, 0.3) is 0 Å². The average Bonchev–Trinajstić information content (AvgIpc) is 2.78. The number of aliphatic carboxylic acids is 1. The van der Waals surface area contributed by atoms with E-state index in [4.69, 9.17) is 9.84 Å². The Balaban J connectivity index is 2.30. The largest absolute Gasteiger partial charge is 0.479 e. The van der Waals surface area contributed by atoms with E-state index in [1.165, 1.54) is 15.8 Å². The minimum Gasteiger partial charge on any atom is -0.479 e. The molecule has 2 heterocycles. The number of cyclic esters (lactones) is 1. The van der Waals surface area contributed by atoms with E-state index in [0.29, 0.717) is 5.56 Å². The molecule has 2 rings (SSSR count). The number of ether oxygens (including phenoxy) is 1. The summed E-state index contributed by atoms with van der Waals surface area (Å²) in [6.45, 7) is 0.508. The van der Waals surface area contributed by atoms with Crippen LogP contribution in [0.4, 0.5) is 4.79 Å². The third kappa shape index (κ3) is 1.71. The lowest BCUT2D eigenvalue weighted by atomic mass is 10.1. The molecular formula is C9H11N3O4. The van der Waals surface area contributed by atoms with Gasteiger partial charge in [0.25, 0.3) is 0 Å². The maximum Gasteiger partial charge on any atom is 0.410 e. The van der Waals surface area contributed by atoms with Crippen LogP contribution in [0.1, 0.15) is 11.6 Å². The molecule has 1 N–H and O–H groups in total. The highest BCUT2D eigenvalue weighted by Gasteiger charge is 2.36. The second-order valence-corrected chi connectivity index (χ2v) is 3.50. The lowest BCUT2D eigenvalue weighted by Gasteiger charge is -2.20. The van der Waals surface area contributed by atoms with Crippen molar-refractivity contribution in [1.29, 1.82) is 0 Å². The zero-order valence-corrected chi connectivity index (χ0v) is 8.66. The van der Waals surface area contributed by atoms with Gasteiger partial charge in [0.2, 0.25) is 0 Å². The fourth-order valence-corrected chi connectivity index (χ4v) is 1.68. The fourth-order valence-electron chi connectivity index (χ4n) is 1.68. The highest BCUT2D eigenvalue weighted by Crippen LogP contribution is 2.23. The van der Waals surface area contributed by atoms with E-state index in [-0.39, 0.29) is 13.2 Å². The number of rotatable bonds is 3. The quantitative estimate of drug-likeness (QED) is 0.782. The van der Waals surface area contributed by atoms with Crippen molar-refractivity contribution in [2.24, 2.45) is 7.05 Å². The Morgan fingerprint density at radius 3 is 2.88 bits per heavy atom. The van der Waals surface area contributed by atoms with Gasteiger partial charge in [0, 0.05) is 18.8 Å². The molecular weight excluding hydrogens is 214 g/mol. The van der Waals surface area contributed by atoms with E-state index in [1.807, 2.05) is 0 Å². The highest BCUT2D eigenvalue weighted by molar-refractivity contribution is 5.82. The van der Waals surface area contributed by atoms with Crippen molar-refractivity contribution in [3.8, 4) is 0 Å². The second-order valence-electron chi connectivity index (χ2n) is 3.50. The number of hydrogen-bond donors (Lipinski definition) is 1. The van der Waals surface area contributed by atoms with Crippen LogP contribution in [-0.4, -0.2) is 45.0 Å². The molecule has 7 heteroatoms. The van der Waals surface area contributed by atoms with E-state index in [9.17, 15) is 9.59 Å². The van der Waals surface area contributed by atoms with Crippen molar-refractivity contribution >= 4 is 12.1 Å². The number of carbonyl (C=O) groups is 2. The van der Waals surface area contributed by atoms with Crippen LogP contribution in [0, 0.1) is 0 Å². The molecule has 0 bridgehead atoms. The summed E-state index contributed by atoms with van der Waals surface area (Å²) in [6.07, 6.45) is 2.41. The van der Waals surface area contributed by atoms with Crippen molar-refractivity contribution in [1.82, 2.24) is 14.7 Å². The number of hydrogen-bond acceptors (Lipinski definition) is 4. The molecule has 1 amide bonds. The summed E-state index contributed by atoms with van der Waals surface area (Å²) in [5.74, 6) is -1.09. The van der Waals surface area contributed by atoms with E-state index in [0.717, 1.165) is 0 Å². The Morgan fingerprint density at radius 2 is 2.44 bits per heavy atom. The summed E-state index contributed by atoms with van der Waals surface area (Å²) in [7, 11) is 1.69. The van der Waals surface area contributed by atoms with E-state index in [2.05, 4.69) is 5.10 Å². The molecule has 1 saturated heterocycles. The molecule has 1 aliphatic rings. The standard InChI is InChI=1S/C9H11N3O4/c1-11-5-6(4-10-11)7(8(13)14)12-2-3-16-9(12)15/h4-5,7H,2-3H2,1H3,(H,13,14). The molecule has 0 aliphatic carbocycles. The number of carboxylic acid groups (broad SMARTS) is 1. The topological polar surface area (TPSA) is 84.7 Å². The molecule has 0 spiro atoms. The Kier molecular flexibility index (Phi) is 2.51. The lowest BCUT2D eigenvalue weighted by Crippen LogP contribution is -2.34. The van der Waals surface area contributed by atoms with Gasteiger partial charge in [-0.05, 0) is 0 Å². The van der Waals surface area contributed by atoms with Crippen molar-refractivity contribution < 1.29 is 19.4 Å². The summed E-state index contributed by atoms with van der Waals surface area (Å²) in [6, 6.07) is -1.02. The van der Waals surface area contributed by atoms with Crippen molar-refractivity contribution in [2.45, 2.75) is 6.04 Å². The molecule has 1 atom stereocenters. The van der Waals surface area contributed by atoms with Crippen molar-refractivity contribution in [3.63, 3.8) is 0 Å². The highest BCUT2D eigenvalue weighted by atomic mass is 16.6. The lowest BCUT2D eigenvalue weighted by molar-refractivity contribution is -0.142. The molecule has 7 nitrogen and oxygen atoms in total. The van der Waals surface area contributed by atoms with Gasteiger partial charge in [-0.1, -0.05) is 0 Å². The Labute approximate surface area is 91.2 Å². The van der Waals surface area contributed by atoms with Crippen molar-refractivity contribution in [2.75, 3.05) is 13.2 Å². The maximum atomic E-state index is 11.3. The molecule has 1 aromatic heterocycles. The fraction of sp³-hybridized carbons (Fsp3) is 0.444. The van der Waals surface area contributed by atoms with Crippen LogP contribution in [0.3, 0.4) is 0 Å². The third-order valence-electron chi connectivity index (χ3n) is 2.38. The van der Waals surface area contributed by atoms with Crippen LogP contribution < -0.4 is 0 Å². The number of aromatic nitrogens is 2. The molecule has 1 aliphatic heterocycles. The Bertz CT molecular complexity index is 428. The minimum atomic E-state index is -1.09. The SMILES string of the molecule is Cn1cc(C(C(=O)O)N2CCOC2=O)cn1. The van der Waals surface area contributed by atoms with Gasteiger partial charge in [-0.2, -0.15) is 5.10 Å². The summed E-state index contributed by atoms with van der Waals surface area (Å²) in [4.78, 5) is 23.6. The van der Waals surface area contributed by atoms with Crippen LogP contribution in [-0.2, 0) is 16.6 Å². The Morgan fingerprint density at radius 1 is 1.69 bits per heavy atom. The third-order valence-corrected chi connectivity index (χ3v) is 2.38. The summed E-state index contributed by atoms with van der Waals surface area (Å²) in [5.41, 5.74) is 0.467. The van der Waals surface area contributed by atoms with E-state index >= 15 is 0 Å². The average molecular weight is 225 g/mol. The first-order chi connectivity index (χ1) is 7.59. The normalized spacial score (nSPS) is 17.3. The molecule has 0 aromatic carbocycles. The molecule has 1 unspecified atom stereocenters. The maximum absolute atomic E-state index is 11.3. The number of carbonyl (C=O) groups excluding carboxylic acids is 1. The zero-order valence-electron chi connectivity index (χ0n) is 8.66. The molecule has 0 saturated carbocycles. The van der Waals surface area contributed by atoms with Gasteiger partial charge < -0.3 is 9.84 Å². The van der Waals surface area contributed by atoms with E-state index in [1.54, 1.807) is 13.2 Å². The summed E-state index contributed by atoms with van der Waals surface area (Å²) < 4.78 is 6.21. The molecule has 1 fully saturated rings. The first kappa shape index (κ1) is 10.5. The second kappa shape index (κ2) is 3.84. The number of carboxylic acids is 1. The number of amides is 1. The zero-order chi connectivity index (χ0) is 11.7. The van der Waals surface area contributed by atoms with Gasteiger partial charge >= 0.3 is 12.1 Å².